The number of hydrogen-bond donors (Lipinski definition) is 0. The van der Waals surface area contributed by atoms with Crippen LogP contribution in [0.2, 0.25) is 0 Å². The topological polar surface area (TPSA) is 21.1 Å². The molecule has 3 nitrogen and oxygen atoms in total. The summed E-state index contributed by atoms with van der Waals surface area (Å²) < 4.78 is 2.02. The second-order valence-corrected chi connectivity index (χ2v) is 5.20. The zero-order valence-corrected chi connectivity index (χ0v) is 11.1. The van der Waals surface area contributed by atoms with Crippen molar-refractivity contribution in [2.45, 2.75) is 52.6 Å². The van der Waals surface area contributed by atoms with Gasteiger partial charge in [-0.05, 0) is 47.1 Å². The van der Waals surface area contributed by atoms with E-state index in [2.05, 4.69) is 37.7 Å². The Bertz CT molecular complexity index is 379. The summed E-state index contributed by atoms with van der Waals surface area (Å²) in [5.74, 6) is 0. The lowest BCUT2D eigenvalue weighted by atomic mass is 10.0. The highest BCUT2D eigenvalue weighted by molar-refractivity contribution is 5.29. The monoisotopic (exact) mass is 221 g/mol. The maximum absolute atomic E-state index is 4.54. The van der Waals surface area contributed by atoms with Gasteiger partial charge < -0.3 is 0 Å². The highest BCUT2D eigenvalue weighted by Crippen LogP contribution is 2.36. The van der Waals surface area contributed by atoms with E-state index in [-0.39, 0.29) is 0 Å². The molecule has 0 N–H and O–H groups in total. The van der Waals surface area contributed by atoms with Gasteiger partial charge in [-0.1, -0.05) is 0 Å². The second kappa shape index (κ2) is 4.21. The molecule has 0 unspecified atom stereocenters. The van der Waals surface area contributed by atoms with Crippen molar-refractivity contribution >= 4 is 0 Å². The lowest BCUT2D eigenvalue weighted by molar-refractivity contribution is 0.204. The molecule has 0 amide bonds. The molecule has 2 rings (SSSR count). The van der Waals surface area contributed by atoms with Gasteiger partial charge in [0.2, 0.25) is 0 Å². The van der Waals surface area contributed by atoms with Gasteiger partial charge in [0.25, 0.3) is 0 Å². The molecule has 2 heterocycles. The van der Waals surface area contributed by atoms with Gasteiger partial charge in [0.1, 0.15) is 0 Å². The smallest absolute Gasteiger partial charge is 0.0644 e. The third kappa shape index (κ3) is 1.77. The molecule has 0 saturated carbocycles. The van der Waals surface area contributed by atoms with Gasteiger partial charge in [0.15, 0.2) is 0 Å². The normalized spacial score (nSPS) is 22.2. The summed E-state index contributed by atoms with van der Waals surface area (Å²) in [5, 5.41) is 4.54. The van der Waals surface area contributed by atoms with Crippen molar-refractivity contribution in [3.63, 3.8) is 0 Å². The SMILES string of the molecule is Cc1nn(C)c(C)c1[C@@H]1CCCN1C(C)C. The van der Waals surface area contributed by atoms with Crippen LogP contribution in [0.3, 0.4) is 0 Å². The molecule has 16 heavy (non-hydrogen) atoms. The van der Waals surface area contributed by atoms with Gasteiger partial charge in [0.05, 0.1) is 5.69 Å². The minimum atomic E-state index is 0.591. The number of likely N-dealkylation sites (tertiary alicyclic amines) is 1. The Labute approximate surface area is 98.4 Å². The third-order valence-corrected chi connectivity index (χ3v) is 3.86. The molecule has 1 aromatic rings. The molecule has 0 spiro atoms. The van der Waals surface area contributed by atoms with Gasteiger partial charge in [-0.3, -0.25) is 9.58 Å². The summed E-state index contributed by atoms with van der Waals surface area (Å²) in [7, 11) is 2.04. The molecular weight excluding hydrogens is 198 g/mol. The fourth-order valence-corrected chi connectivity index (χ4v) is 2.99. The molecule has 1 atom stereocenters. The average Bonchev–Trinajstić information content (AvgIpc) is 2.73. The van der Waals surface area contributed by atoms with Crippen LogP contribution in [0, 0.1) is 13.8 Å². The van der Waals surface area contributed by atoms with Gasteiger partial charge >= 0.3 is 0 Å². The highest BCUT2D eigenvalue weighted by Gasteiger charge is 2.31. The molecule has 0 aliphatic carbocycles. The molecule has 3 heteroatoms. The first-order valence-electron chi connectivity index (χ1n) is 6.28. The summed E-state index contributed by atoms with van der Waals surface area (Å²) >= 11 is 0. The van der Waals surface area contributed by atoms with Crippen LogP contribution in [0.4, 0.5) is 0 Å². The van der Waals surface area contributed by atoms with Crippen LogP contribution in [-0.2, 0) is 7.05 Å². The van der Waals surface area contributed by atoms with Gasteiger partial charge in [-0.25, -0.2) is 0 Å². The van der Waals surface area contributed by atoms with Crippen LogP contribution in [0.5, 0.6) is 0 Å². The molecule has 0 radical (unpaired) electrons. The first-order valence-corrected chi connectivity index (χ1v) is 6.28. The summed E-state index contributed by atoms with van der Waals surface area (Å²) in [6, 6.07) is 1.22. The first-order chi connectivity index (χ1) is 7.52. The van der Waals surface area contributed by atoms with Crippen molar-refractivity contribution in [2.75, 3.05) is 6.54 Å². The maximum Gasteiger partial charge on any atom is 0.0644 e. The Morgan fingerprint density at radius 2 is 2.00 bits per heavy atom. The predicted molar refractivity (Wildman–Crippen MR) is 66.5 cm³/mol. The molecule has 1 saturated heterocycles. The lowest BCUT2D eigenvalue weighted by Gasteiger charge is -2.28. The predicted octanol–water partition coefficient (Wildman–Crippen LogP) is 2.58. The van der Waals surface area contributed by atoms with Crippen LogP contribution >= 0.6 is 0 Å². The van der Waals surface area contributed by atoms with E-state index in [1.165, 1.54) is 36.3 Å². The van der Waals surface area contributed by atoms with Crippen molar-refractivity contribution in [2.24, 2.45) is 7.05 Å². The van der Waals surface area contributed by atoms with Crippen LogP contribution in [0.15, 0.2) is 0 Å². The number of rotatable bonds is 2. The summed E-state index contributed by atoms with van der Waals surface area (Å²) in [4.78, 5) is 2.61. The van der Waals surface area contributed by atoms with E-state index in [1.54, 1.807) is 0 Å². The fourth-order valence-electron chi connectivity index (χ4n) is 2.99. The van der Waals surface area contributed by atoms with Crippen LogP contribution < -0.4 is 0 Å². The minimum absolute atomic E-state index is 0.591. The van der Waals surface area contributed by atoms with E-state index in [0.717, 1.165) is 0 Å². The van der Waals surface area contributed by atoms with Crippen molar-refractivity contribution in [1.82, 2.24) is 14.7 Å². The summed E-state index contributed by atoms with van der Waals surface area (Å²) in [5.41, 5.74) is 4.00. The molecular formula is C13H23N3. The molecule has 1 aromatic heterocycles. The summed E-state index contributed by atoms with van der Waals surface area (Å²) in [6.45, 7) is 10.1. The van der Waals surface area contributed by atoms with E-state index >= 15 is 0 Å². The van der Waals surface area contributed by atoms with Gasteiger partial charge in [-0.15, -0.1) is 0 Å². The Kier molecular flexibility index (Phi) is 3.06. The standard InChI is InChI=1S/C13H23N3/c1-9(2)16-8-6-7-12(16)13-10(3)14-15(5)11(13)4/h9,12H,6-8H2,1-5H3/t12-/m0/s1. The molecule has 1 aliphatic heterocycles. The Hall–Kier alpha value is -0.830. The first kappa shape index (κ1) is 11.6. The molecule has 90 valence electrons. The Morgan fingerprint density at radius 1 is 1.31 bits per heavy atom. The molecule has 1 fully saturated rings. The van der Waals surface area contributed by atoms with Crippen LogP contribution in [0.1, 0.15) is 49.7 Å². The van der Waals surface area contributed by atoms with Crippen molar-refractivity contribution in [3.8, 4) is 0 Å². The van der Waals surface area contributed by atoms with Gasteiger partial charge in [0, 0.05) is 30.4 Å². The fraction of sp³-hybridized carbons (Fsp3) is 0.769. The number of nitrogens with zero attached hydrogens (tertiary/aromatic N) is 3. The maximum atomic E-state index is 4.54. The minimum Gasteiger partial charge on any atom is -0.294 e. The van der Waals surface area contributed by atoms with E-state index < -0.39 is 0 Å². The van der Waals surface area contributed by atoms with E-state index in [0.29, 0.717) is 12.1 Å². The van der Waals surface area contributed by atoms with Crippen LogP contribution in [-0.4, -0.2) is 27.3 Å². The lowest BCUT2D eigenvalue weighted by Crippen LogP contribution is -2.30. The zero-order valence-electron chi connectivity index (χ0n) is 11.1. The molecule has 0 bridgehead atoms. The second-order valence-electron chi connectivity index (χ2n) is 5.20. The summed E-state index contributed by atoms with van der Waals surface area (Å²) in [6.07, 6.45) is 2.60. The Balaban J connectivity index is 2.36. The van der Waals surface area contributed by atoms with Crippen LogP contribution in [0.25, 0.3) is 0 Å². The number of aryl methyl sites for hydroxylation is 2. The number of hydrogen-bond acceptors (Lipinski definition) is 2. The third-order valence-electron chi connectivity index (χ3n) is 3.86. The highest BCUT2D eigenvalue weighted by atomic mass is 15.3. The molecule has 1 aliphatic rings. The van der Waals surface area contributed by atoms with Gasteiger partial charge in [-0.2, -0.15) is 5.10 Å². The van der Waals surface area contributed by atoms with E-state index in [9.17, 15) is 0 Å². The van der Waals surface area contributed by atoms with E-state index in [1.807, 2.05) is 11.7 Å². The quantitative estimate of drug-likeness (QED) is 0.765. The molecule has 0 aromatic carbocycles. The van der Waals surface area contributed by atoms with Crippen molar-refractivity contribution in [1.29, 1.82) is 0 Å². The zero-order chi connectivity index (χ0) is 11.9. The largest absolute Gasteiger partial charge is 0.294 e. The van der Waals surface area contributed by atoms with Crippen molar-refractivity contribution in [3.05, 3.63) is 17.0 Å². The van der Waals surface area contributed by atoms with E-state index in [4.69, 9.17) is 0 Å². The Morgan fingerprint density at radius 3 is 2.50 bits per heavy atom. The average molecular weight is 221 g/mol. The van der Waals surface area contributed by atoms with Crippen molar-refractivity contribution < 1.29 is 0 Å². The number of aromatic nitrogens is 2.